The quantitative estimate of drug-likeness (QED) is 0.730. The molecule has 0 unspecified atom stereocenters. The maximum Gasteiger partial charge on any atom is 0.137 e. The molecule has 0 N–H and O–H groups in total. The first kappa shape index (κ1) is 12.2. The van der Waals surface area contributed by atoms with E-state index in [1.54, 1.807) is 0 Å². The van der Waals surface area contributed by atoms with Crippen molar-refractivity contribution in [3.63, 3.8) is 0 Å². The van der Waals surface area contributed by atoms with Crippen molar-refractivity contribution in [3.05, 3.63) is 64.5 Å². The van der Waals surface area contributed by atoms with Gasteiger partial charge in [0.15, 0.2) is 0 Å². The number of hydrogen-bond donors (Lipinski definition) is 0. The number of nitrogens with zero attached hydrogens (tertiary/aromatic N) is 2. The number of ether oxygens (including phenoxy) is 1. The summed E-state index contributed by atoms with van der Waals surface area (Å²) >= 11 is 3.46. The Morgan fingerprint density at radius 1 is 1.16 bits per heavy atom. The summed E-state index contributed by atoms with van der Waals surface area (Å²) in [5.41, 5.74) is 3.07. The third-order valence-corrected chi connectivity index (χ3v) is 3.52. The molecule has 0 saturated carbocycles. The molecule has 0 saturated heterocycles. The van der Waals surface area contributed by atoms with Gasteiger partial charge in [-0.25, -0.2) is 4.98 Å². The number of fused-ring (bicyclic) bond motifs is 1. The van der Waals surface area contributed by atoms with Crippen LogP contribution in [0.3, 0.4) is 0 Å². The number of aromatic nitrogens is 2. The van der Waals surface area contributed by atoms with E-state index in [4.69, 9.17) is 4.74 Å². The van der Waals surface area contributed by atoms with Crippen molar-refractivity contribution in [3.8, 4) is 5.75 Å². The molecule has 2 heterocycles. The third kappa shape index (κ3) is 2.63. The average Bonchev–Trinajstić information content (AvgIpc) is 2.79. The van der Waals surface area contributed by atoms with Crippen LogP contribution in [0, 0.1) is 6.92 Å². The Hall–Kier alpha value is -1.81. The molecule has 96 valence electrons. The van der Waals surface area contributed by atoms with Gasteiger partial charge in [0.05, 0.1) is 10.2 Å². The Morgan fingerprint density at radius 2 is 2.00 bits per heavy atom. The van der Waals surface area contributed by atoms with Crippen LogP contribution in [0.25, 0.3) is 5.65 Å². The largest absolute Gasteiger partial charge is 0.486 e. The minimum Gasteiger partial charge on any atom is -0.486 e. The third-order valence-electron chi connectivity index (χ3n) is 2.86. The number of para-hydroxylation sites is 1. The standard InChI is InChI=1S/C15H13BrN2O/c1-11-6-7-15-17-12(9-18(15)8-11)10-19-14-5-3-2-4-13(14)16/h2-9H,10H2,1H3. The first-order chi connectivity index (χ1) is 9.22. The van der Waals surface area contributed by atoms with Gasteiger partial charge < -0.3 is 9.14 Å². The van der Waals surface area contributed by atoms with Crippen molar-refractivity contribution in [2.24, 2.45) is 0 Å². The van der Waals surface area contributed by atoms with Crippen LogP contribution in [0.15, 0.2) is 53.3 Å². The highest BCUT2D eigenvalue weighted by atomic mass is 79.9. The molecule has 3 rings (SSSR count). The van der Waals surface area contributed by atoms with Crippen molar-refractivity contribution < 1.29 is 4.74 Å². The molecular weight excluding hydrogens is 304 g/mol. The lowest BCUT2D eigenvalue weighted by Gasteiger charge is -2.05. The monoisotopic (exact) mass is 316 g/mol. The molecule has 3 nitrogen and oxygen atoms in total. The van der Waals surface area contributed by atoms with Crippen LogP contribution in [-0.4, -0.2) is 9.38 Å². The van der Waals surface area contributed by atoms with E-state index in [0.717, 1.165) is 21.6 Å². The van der Waals surface area contributed by atoms with Gasteiger partial charge in [-0.05, 0) is 46.6 Å². The number of halogens is 1. The van der Waals surface area contributed by atoms with Gasteiger partial charge in [-0.1, -0.05) is 18.2 Å². The lowest BCUT2D eigenvalue weighted by Crippen LogP contribution is -1.95. The molecule has 3 aromatic rings. The van der Waals surface area contributed by atoms with Crippen molar-refractivity contribution in [2.45, 2.75) is 13.5 Å². The van der Waals surface area contributed by atoms with Crippen LogP contribution in [0.1, 0.15) is 11.3 Å². The highest BCUT2D eigenvalue weighted by Gasteiger charge is 2.04. The van der Waals surface area contributed by atoms with Gasteiger partial charge >= 0.3 is 0 Å². The normalized spacial score (nSPS) is 10.8. The second-order valence-electron chi connectivity index (χ2n) is 4.42. The molecule has 0 fully saturated rings. The Kier molecular flexibility index (Phi) is 3.25. The summed E-state index contributed by atoms with van der Waals surface area (Å²) < 4.78 is 8.74. The Balaban J connectivity index is 1.80. The summed E-state index contributed by atoms with van der Waals surface area (Å²) in [6, 6.07) is 11.9. The lowest BCUT2D eigenvalue weighted by molar-refractivity contribution is 0.300. The molecule has 0 spiro atoms. The van der Waals surface area contributed by atoms with E-state index < -0.39 is 0 Å². The van der Waals surface area contributed by atoms with Gasteiger partial charge in [-0.2, -0.15) is 0 Å². The maximum atomic E-state index is 5.76. The number of imidazole rings is 1. The van der Waals surface area contributed by atoms with E-state index in [9.17, 15) is 0 Å². The van der Waals surface area contributed by atoms with E-state index in [1.165, 1.54) is 5.56 Å². The minimum atomic E-state index is 0.462. The first-order valence-electron chi connectivity index (χ1n) is 6.04. The minimum absolute atomic E-state index is 0.462. The van der Waals surface area contributed by atoms with Crippen LogP contribution < -0.4 is 4.74 Å². The van der Waals surface area contributed by atoms with E-state index in [2.05, 4.69) is 40.1 Å². The molecule has 0 atom stereocenters. The fourth-order valence-electron chi connectivity index (χ4n) is 1.94. The highest BCUT2D eigenvalue weighted by Crippen LogP contribution is 2.24. The second kappa shape index (κ2) is 5.05. The van der Waals surface area contributed by atoms with E-state index in [1.807, 2.05) is 40.9 Å². The van der Waals surface area contributed by atoms with Crippen LogP contribution in [0.5, 0.6) is 5.75 Å². The Labute approximate surface area is 120 Å². The molecule has 0 amide bonds. The molecule has 0 radical (unpaired) electrons. The van der Waals surface area contributed by atoms with E-state index in [0.29, 0.717) is 6.61 Å². The molecular formula is C15H13BrN2O. The molecule has 2 aromatic heterocycles. The number of benzene rings is 1. The fourth-order valence-corrected chi connectivity index (χ4v) is 2.34. The molecule has 4 heteroatoms. The van der Waals surface area contributed by atoms with Gasteiger partial charge in [0.1, 0.15) is 18.0 Å². The predicted octanol–water partition coefficient (Wildman–Crippen LogP) is 3.98. The average molecular weight is 317 g/mol. The number of pyridine rings is 1. The molecule has 0 aliphatic carbocycles. The topological polar surface area (TPSA) is 26.5 Å². The summed E-state index contributed by atoms with van der Waals surface area (Å²) in [7, 11) is 0. The molecule has 0 bridgehead atoms. The predicted molar refractivity (Wildman–Crippen MR) is 78.4 cm³/mol. The molecule has 19 heavy (non-hydrogen) atoms. The van der Waals surface area contributed by atoms with E-state index in [-0.39, 0.29) is 0 Å². The Bertz CT molecular complexity index is 721. The van der Waals surface area contributed by atoms with Crippen LogP contribution >= 0.6 is 15.9 Å². The molecule has 0 aliphatic heterocycles. The zero-order valence-electron chi connectivity index (χ0n) is 10.5. The number of aryl methyl sites for hydroxylation is 1. The fraction of sp³-hybridized carbons (Fsp3) is 0.133. The summed E-state index contributed by atoms with van der Waals surface area (Å²) in [6.45, 7) is 2.53. The van der Waals surface area contributed by atoms with Crippen LogP contribution in [-0.2, 0) is 6.61 Å². The van der Waals surface area contributed by atoms with Crippen molar-refractivity contribution in [1.29, 1.82) is 0 Å². The van der Waals surface area contributed by atoms with Crippen LogP contribution in [0.4, 0.5) is 0 Å². The van der Waals surface area contributed by atoms with Gasteiger partial charge in [0.25, 0.3) is 0 Å². The maximum absolute atomic E-state index is 5.76. The van der Waals surface area contributed by atoms with Crippen molar-refractivity contribution in [1.82, 2.24) is 9.38 Å². The molecule has 1 aromatic carbocycles. The highest BCUT2D eigenvalue weighted by molar-refractivity contribution is 9.10. The first-order valence-corrected chi connectivity index (χ1v) is 6.83. The lowest BCUT2D eigenvalue weighted by atomic mass is 10.3. The number of rotatable bonds is 3. The van der Waals surface area contributed by atoms with Crippen molar-refractivity contribution in [2.75, 3.05) is 0 Å². The van der Waals surface area contributed by atoms with Gasteiger partial charge in [-0.3, -0.25) is 0 Å². The van der Waals surface area contributed by atoms with E-state index >= 15 is 0 Å². The summed E-state index contributed by atoms with van der Waals surface area (Å²) in [5.74, 6) is 0.829. The van der Waals surface area contributed by atoms with Crippen molar-refractivity contribution >= 4 is 21.6 Å². The van der Waals surface area contributed by atoms with Gasteiger partial charge in [-0.15, -0.1) is 0 Å². The summed E-state index contributed by atoms with van der Waals surface area (Å²) in [6.07, 6.45) is 4.06. The summed E-state index contributed by atoms with van der Waals surface area (Å²) in [5, 5.41) is 0. The second-order valence-corrected chi connectivity index (χ2v) is 5.28. The smallest absolute Gasteiger partial charge is 0.137 e. The Morgan fingerprint density at radius 3 is 2.84 bits per heavy atom. The SMILES string of the molecule is Cc1ccc2nc(COc3ccccc3Br)cn2c1. The summed E-state index contributed by atoms with van der Waals surface area (Å²) in [4.78, 5) is 4.52. The zero-order valence-corrected chi connectivity index (χ0v) is 12.1. The van der Waals surface area contributed by atoms with Crippen LogP contribution in [0.2, 0.25) is 0 Å². The molecule has 0 aliphatic rings. The number of hydrogen-bond acceptors (Lipinski definition) is 2. The zero-order chi connectivity index (χ0) is 13.2. The van der Waals surface area contributed by atoms with Gasteiger partial charge in [0.2, 0.25) is 0 Å². The van der Waals surface area contributed by atoms with Gasteiger partial charge in [0, 0.05) is 12.4 Å².